The zero-order valence-corrected chi connectivity index (χ0v) is 11.6. The van der Waals surface area contributed by atoms with E-state index in [2.05, 4.69) is 50.4 Å². The fourth-order valence-corrected chi connectivity index (χ4v) is 2.03. The van der Waals surface area contributed by atoms with Crippen molar-refractivity contribution in [1.29, 1.82) is 0 Å². The number of fused-ring (bicyclic) bond motifs is 1. The van der Waals surface area contributed by atoms with Crippen molar-refractivity contribution in [3.63, 3.8) is 0 Å². The highest BCUT2D eigenvalue weighted by Crippen LogP contribution is 2.28. The summed E-state index contributed by atoms with van der Waals surface area (Å²) in [5.41, 5.74) is 1.43. The molecule has 0 spiro atoms. The molecule has 0 radical (unpaired) electrons. The molecule has 2 rings (SSSR count). The largest absolute Gasteiger partial charge is 0.496 e. The number of methoxy groups -OCH3 is 1. The summed E-state index contributed by atoms with van der Waals surface area (Å²) in [7, 11) is 1.72. The smallest absolute Gasteiger partial charge is 0.126 e. The third-order valence-electron chi connectivity index (χ3n) is 3.00. The van der Waals surface area contributed by atoms with E-state index in [9.17, 15) is 0 Å². The van der Waals surface area contributed by atoms with Crippen LogP contribution in [0.2, 0.25) is 0 Å². The minimum atomic E-state index is 0.126. The first-order chi connectivity index (χ1) is 8.51. The second kappa shape index (κ2) is 4.99. The molecule has 0 atom stereocenters. The number of hydrogen-bond acceptors (Lipinski definition) is 2. The van der Waals surface area contributed by atoms with Crippen molar-refractivity contribution in [2.75, 3.05) is 7.11 Å². The minimum absolute atomic E-state index is 0.126. The van der Waals surface area contributed by atoms with Crippen LogP contribution < -0.4 is 10.1 Å². The van der Waals surface area contributed by atoms with E-state index in [4.69, 9.17) is 4.74 Å². The van der Waals surface area contributed by atoms with Gasteiger partial charge in [-0.1, -0.05) is 30.3 Å². The fourth-order valence-electron chi connectivity index (χ4n) is 2.03. The average Bonchev–Trinajstić information content (AvgIpc) is 2.35. The molecule has 18 heavy (non-hydrogen) atoms. The van der Waals surface area contributed by atoms with E-state index < -0.39 is 0 Å². The Bertz CT molecular complexity index is 540. The van der Waals surface area contributed by atoms with Gasteiger partial charge in [-0.15, -0.1) is 0 Å². The molecule has 2 aromatic carbocycles. The van der Waals surface area contributed by atoms with Crippen LogP contribution in [0, 0.1) is 0 Å². The molecule has 2 aromatic rings. The average molecular weight is 243 g/mol. The van der Waals surface area contributed by atoms with E-state index in [0.29, 0.717) is 0 Å². The quantitative estimate of drug-likeness (QED) is 0.886. The van der Waals surface area contributed by atoms with Gasteiger partial charge < -0.3 is 10.1 Å². The number of ether oxygens (including phenoxy) is 1. The lowest BCUT2D eigenvalue weighted by molar-refractivity contribution is 0.418. The zero-order chi connectivity index (χ0) is 13.2. The molecule has 0 saturated carbocycles. The first-order valence-corrected chi connectivity index (χ1v) is 6.31. The van der Waals surface area contributed by atoms with Gasteiger partial charge in [0.2, 0.25) is 0 Å². The van der Waals surface area contributed by atoms with E-state index >= 15 is 0 Å². The fraction of sp³-hybridized carbons (Fsp3) is 0.375. The number of nitrogens with one attached hydrogen (secondary N) is 1. The van der Waals surface area contributed by atoms with E-state index in [1.807, 2.05) is 12.1 Å². The summed E-state index contributed by atoms with van der Waals surface area (Å²) < 4.78 is 5.41. The van der Waals surface area contributed by atoms with Gasteiger partial charge in [0.05, 0.1) is 7.11 Å². The van der Waals surface area contributed by atoms with Gasteiger partial charge in [-0.25, -0.2) is 0 Å². The summed E-state index contributed by atoms with van der Waals surface area (Å²) >= 11 is 0. The van der Waals surface area contributed by atoms with Crippen molar-refractivity contribution >= 4 is 10.8 Å². The van der Waals surface area contributed by atoms with Gasteiger partial charge in [-0.05, 0) is 37.8 Å². The molecule has 0 heterocycles. The van der Waals surface area contributed by atoms with Crippen LogP contribution in [0.15, 0.2) is 36.4 Å². The van der Waals surface area contributed by atoms with Gasteiger partial charge in [-0.3, -0.25) is 0 Å². The van der Waals surface area contributed by atoms with Crippen molar-refractivity contribution in [1.82, 2.24) is 5.32 Å². The van der Waals surface area contributed by atoms with Crippen LogP contribution in [0.25, 0.3) is 10.8 Å². The molecule has 96 valence electrons. The van der Waals surface area contributed by atoms with Gasteiger partial charge in [0.1, 0.15) is 5.75 Å². The molecule has 0 bridgehead atoms. The molecular weight excluding hydrogens is 222 g/mol. The van der Waals surface area contributed by atoms with Crippen LogP contribution in [0.1, 0.15) is 26.3 Å². The van der Waals surface area contributed by atoms with E-state index in [1.165, 1.54) is 16.3 Å². The molecule has 0 aromatic heterocycles. The van der Waals surface area contributed by atoms with Crippen molar-refractivity contribution in [2.45, 2.75) is 32.9 Å². The van der Waals surface area contributed by atoms with Gasteiger partial charge in [0.15, 0.2) is 0 Å². The number of benzene rings is 2. The molecule has 0 fully saturated rings. The molecule has 2 nitrogen and oxygen atoms in total. The molecular formula is C16H21NO. The Morgan fingerprint density at radius 1 is 1.00 bits per heavy atom. The summed E-state index contributed by atoms with van der Waals surface area (Å²) in [6.45, 7) is 7.41. The Kier molecular flexibility index (Phi) is 3.58. The first kappa shape index (κ1) is 12.9. The standard InChI is InChI=1S/C16H21NO/c1-16(2,3)17-11-12-9-10-15(18-4)14-8-6-5-7-13(12)14/h5-10,17H,11H2,1-4H3. The SMILES string of the molecule is COc1ccc(CNC(C)(C)C)c2ccccc12. The van der Waals surface area contributed by atoms with Crippen molar-refractivity contribution in [3.05, 3.63) is 42.0 Å². The third kappa shape index (κ3) is 2.82. The normalized spacial score (nSPS) is 11.8. The second-order valence-corrected chi connectivity index (χ2v) is 5.58. The summed E-state index contributed by atoms with van der Waals surface area (Å²) in [6.07, 6.45) is 0. The second-order valence-electron chi connectivity index (χ2n) is 5.58. The Morgan fingerprint density at radius 2 is 1.67 bits per heavy atom. The van der Waals surface area contributed by atoms with E-state index in [-0.39, 0.29) is 5.54 Å². The molecule has 1 N–H and O–H groups in total. The molecule has 0 saturated heterocycles. The zero-order valence-electron chi connectivity index (χ0n) is 11.6. The highest BCUT2D eigenvalue weighted by molar-refractivity contribution is 5.91. The summed E-state index contributed by atoms with van der Waals surface area (Å²) in [5, 5.41) is 5.96. The Labute approximate surface area is 109 Å². The monoisotopic (exact) mass is 243 g/mol. The molecule has 0 unspecified atom stereocenters. The predicted molar refractivity (Wildman–Crippen MR) is 77.1 cm³/mol. The number of hydrogen-bond donors (Lipinski definition) is 1. The van der Waals surface area contributed by atoms with E-state index in [0.717, 1.165) is 12.3 Å². The lowest BCUT2D eigenvalue weighted by Gasteiger charge is -2.21. The Hall–Kier alpha value is -1.54. The van der Waals surface area contributed by atoms with Crippen LogP contribution in [0.4, 0.5) is 0 Å². The minimum Gasteiger partial charge on any atom is -0.496 e. The van der Waals surface area contributed by atoms with Crippen molar-refractivity contribution in [2.24, 2.45) is 0 Å². The van der Waals surface area contributed by atoms with Crippen LogP contribution >= 0.6 is 0 Å². The maximum absolute atomic E-state index is 5.41. The molecule has 0 aliphatic rings. The third-order valence-corrected chi connectivity index (χ3v) is 3.00. The molecule has 2 heteroatoms. The van der Waals surface area contributed by atoms with E-state index in [1.54, 1.807) is 7.11 Å². The summed E-state index contributed by atoms with van der Waals surface area (Å²) in [6, 6.07) is 12.6. The van der Waals surface area contributed by atoms with Crippen LogP contribution in [0.3, 0.4) is 0 Å². The molecule has 0 aliphatic carbocycles. The highest BCUT2D eigenvalue weighted by Gasteiger charge is 2.11. The van der Waals surface area contributed by atoms with Crippen LogP contribution in [0.5, 0.6) is 5.75 Å². The van der Waals surface area contributed by atoms with Gasteiger partial charge in [0.25, 0.3) is 0 Å². The molecule has 0 amide bonds. The van der Waals surface area contributed by atoms with Crippen molar-refractivity contribution < 1.29 is 4.74 Å². The summed E-state index contributed by atoms with van der Waals surface area (Å²) in [4.78, 5) is 0. The molecule has 0 aliphatic heterocycles. The highest BCUT2D eigenvalue weighted by atomic mass is 16.5. The number of rotatable bonds is 3. The lowest BCUT2D eigenvalue weighted by Crippen LogP contribution is -2.35. The van der Waals surface area contributed by atoms with Crippen LogP contribution in [-0.2, 0) is 6.54 Å². The first-order valence-electron chi connectivity index (χ1n) is 6.31. The maximum atomic E-state index is 5.41. The topological polar surface area (TPSA) is 21.3 Å². The van der Waals surface area contributed by atoms with Gasteiger partial charge in [0, 0.05) is 17.5 Å². The van der Waals surface area contributed by atoms with Crippen LogP contribution in [-0.4, -0.2) is 12.6 Å². The Morgan fingerprint density at radius 3 is 2.28 bits per heavy atom. The van der Waals surface area contributed by atoms with Gasteiger partial charge >= 0.3 is 0 Å². The summed E-state index contributed by atoms with van der Waals surface area (Å²) in [5.74, 6) is 0.935. The van der Waals surface area contributed by atoms with Crippen molar-refractivity contribution in [3.8, 4) is 5.75 Å². The Balaban J connectivity index is 2.40. The predicted octanol–water partition coefficient (Wildman–Crippen LogP) is 3.74. The maximum Gasteiger partial charge on any atom is 0.126 e. The van der Waals surface area contributed by atoms with Gasteiger partial charge in [-0.2, -0.15) is 0 Å². The lowest BCUT2D eigenvalue weighted by atomic mass is 10.0.